The minimum atomic E-state index is 0.209. The van der Waals surface area contributed by atoms with E-state index in [1.165, 1.54) is 12.1 Å². The third-order valence-electron chi connectivity index (χ3n) is 3.63. The molecule has 3 nitrogen and oxygen atoms in total. The molecule has 0 bridgehead atoms. The van der Waals surface area contributed by atoms with Crippen LogP contribution in [-0.4, -0.2) is 31.3 Å². The summed E-state index contributed by atoms with van der Waals surface area (Å²) in [6.07, 6.45) is 1.38. The van der Waals surface area contributed by atoms with Crippen molar-refractivity contribution < 1.29 is 4.74 Å². The highest BCUT2D eigenvalue weighted by molar-refractivity contribution is 5.59. The molecule has 0 aliphatic carbocycles. The average molecular weight is 262 g/mol. The van der Waals surface area contributed by atoms with Gasteiger partial charge >= 0.3 is 0 Å². The highest BCUT2D eigenvalue weighted by atomic mass is 16.5. The number of anilines is 1. The molecule has 0 aromatic heterocycles. The van der Waals surface area contributed by atoms with Crippen molar-refractivity contribution in [2.24, 2.45) is 0 Å². The smallest absolute Gasteiger partial charge is 0.142 e. The third kappa shape index (κ3) is 3.63. The molecule has 2 rings (SSSR count). The quantitative estimate of drug-likeness (QED) is 0.906. The van der Waals surface area contributed by atoms with Gasteiger partial charge < -0.3 is 15.0 Å². The second kappa shape index (κ2) is 6.29. The molecule has 0 radical (unpaired) electrons. The van der Waals surface area contributed by atoms with E-state index in [1.54, 1.807) is 0 Å². The first-order chi connectivity index (χ1) is 9.08. The van der Waals surface area contributed by atoms with E-state index >= 15 is 0 Å². The first-order valence-corrected chi connectivity index (χ1v) is 7.33. The molecular weight excluding hydrogens is 236 g/mol. The van der Waals surface area contributed by atoms with Gasteiger partial charge in [-0.25, -0.2) is 0 Å². The van der Waals surface area contributed by atoms with Crippen molar-refractivity contribution in [2.75, 3.05) is 18.0 Å². The lowest BCUT2D eigenvalue weighted by atomic mass is 10.2. The lowest BCUT2D eigenvalue weighted by Crippen LogP contribution is -2.38. The van der Waals surface area contributed by atoms with E-state index in [0.29, 0.717) is 12.1 Å². The van der Waals surface area contributed by atoms with E-state index in [0.717, 1.165) is 18.8 Å². The number of benzene rings is 1. The molecule has 106 valence electrons. The van der Waals surface area contributed by atoms with Crippen LogP contribution in [0.4, 0.5) is 5.69 Å². The second-order valence-electron chi connectivity index (χ2n) is 5.77. The molecule has 1 N–H and O–H groups in total. The van der Waals surface area contributed by atoms with Crippen molar-refractivity contribution >= 4 is 5.69 Å². The molecule has 1 fully saturated rings. The Balaban J connectivity index is 2.24. The summed E-state index contributed by atoms with van der Waals surface area (Å²) in [5.74, 6) is 0.999. The van der Waals surface area contributed by atoms with Crippen LogP contribution in [-0.2, 0) is 0 Å². The first kappa shape index (κ1) is 14.2. The summed E-state index contributed by atoms with van der Waals surface area (Å²) < 4.78 is 5.95. The van der Waals surface area contributed by atoms with Gasteiger partial charge in [-0.2, -0.15) is 0 Å². The maximum absolute atomic E-state index is 5.95. The zero-order chi connectivity index (χ0) is 13.8. The second-order valence-corrected chi connectivity index (χ2v) is 5.77. The molecule has 1 aromatic carbocycles. The van der Waals surface area contributed by atoms with Crippen LogP contribution < -0.4 is 15.0 Å². The Kier molecular flexibility index (Phi) is 4.70. The molecule has 19 heavy (non-hydrogen) atoms. The normalized spacial score (nSPS) is 24.4. The summed E-state index contributed by atoms with van der Waals surface area (Å²) in [6, 6.07) is 9.46. The fourth-order valence-electron chi connectivity index (χ4n) is 2.54. The first-order valence-electron chi connectivity index (χ1n) is 7.33. The highest BCUT2D eigenvalue weighted by Gasteiger charge is 2.22. The van der Waals surface area contributed by atoms with Crippen molar-refractivity contribution in [2.45, 2.75) is 52.3 Å². The molecular formula is C16H26N2O. The van der Waals surface area contributed by atoms with Gasteiger partial charge in [0.05, 0.1) is 11.8 Å². The molecule has 2 unspecified atom stereocenters. The SMILES string of the molecule is CC1CCN(c2ccccc2OC(C)C)C(C)CN1. The largest absolute Gasteiger partial charge is 0.489 e. The van der Waals surface area contributed by atoms with E-state index in [9.17, 15) is 0 Å². The van der Waals surface area contributed by atoms with Gasteiger partial charge in [0.15, 0.2) is 0 Å². The standard InChI is InChI=1S/C16H26N2O/c1-12(2)19-16-8-6-5-7-15(16)18-10-9-13(3)17-11-14(18)4/h5-8,12-14,17H,9-11H2,1-4H3. The van der Waals surface area contributed by atoms with Gasteiger partial charge in [-0.05, 0) is 46.2 Å². The van der Waals surface area contributed by atoms with Crippen molar-refractivity contribution in [3.8, 4) is 5.75 Å². The predicted molar refractivity (Wildman–Crippen MR) is 81.1 cm³/mol. The fraction of sp³-hybridized carbons (Fsp3) is 0.625. The molecule has 0 saturated carbocycles. The summed E-state index contributed by atoms with van der Waals surface area (Å²) in [7, 11) is 0. The molecule has 1 aromatic rings. The number of nitrogens with zero attached hydrogens (tertiary/aromatic N) is 1. The number of para-hydroxylation sites is 2. The van der Waals surface area contributed by atoms with Gasteiger partial charge in [0, 0.05) is 25.2 Å². The molecule has 1 aliphatic heterocycles. The van der Waals surface area contributed by atoms with Crippen LogP contribution in [0, 0.1) is 0 Å². The van der Waals surface area contributed by atoms with E-state index in [1.807, 2.05) is 6.07 Å². The Labute approximate surface area is 116 Å². The van der Waals surface area contributed by atoms with Crippen molar-refractivity contribution in [1.29, 1.82) is 0 Å². The molecule has 1 heterocycles. The third-order valence-corrected chi connectivity index (χ3v) is 3.63. The Morgan fingerprint density at radius 3 is 2.74 bits per heavy atom. The molecule has 1 aliphatic rings. The van der Waals surface area contributed by atoms with Gasteiger partial charge in [0.2, 0.25) is 0 Å². The van der Waals surface area contributed by atoms with Crippen LogP contribution in [0.1, 0.15) is 34.1 Å². The van der Waals surface area contributed by atoms with E-state index in [2.05, 4.69) is 56.1 Å². The van der Waals surface area contributed by atoms with Crippen molar-refractivity contribution in [1.82, 2.24) is 5.32 Å². The molecule has 3 heteroatoms. The fourth-order valence-corrected chi connectivity index (χ4v) is 2.54. The number of ether oxygens (including phenoxy) is 1. The van der Waals surface area contributed by atoms with Crippen LogP contribution in [0.5, 0.6) is 5.75 Å². The average Bonchev–Trinajstić information content (AvgIpc) is 2.52. The Morgan fingerprint density at radius 2 is 2.00 bits per heavy atom. The zero-order valence-corrected chi connectivity index (χ0v) is 12.5. The molecule has 2 atom stereocenters. The van der Waals surface area contributed by atoms with Gasteiger partial charge in [-0.1, -0.05) is 12.1 Å². The number of hydrogen-bond donors (Lipinski definition) is 1. The van der Waals surface area contributed by atoms with Gasteiger partial charge in [0.1, 0.15) is 5.75 Å². The zero-order valence-electron chi connectivity index (χ0n) is 12.5. The molecule has 0 spiro atoms. The summed E-state index contributed by atoms with van der Waals surface area (Å²) in [5.41, 5.74) is 1.22. The summed E-state index contributed by atoms with van der Waals surface area (Å²) in [4.78, 5) is 2.47. The molecule has 0 amide bonds. The van der Waals surface area contributed by atoms with Crippen LogP contribution in [0.25, 0.3) is 0 Å². The maximum atomic E-state index is 5.95. The van der Waals surface area contributed by atoms with E-state index in [-0.39, 0.29) is 6.10 Å². The topological polar surface area (TPSA) is 24.5 Å². The monoisotopic (exact) mass is 262 g/mol. The van der Waals surface area contributed by atoms with Crippen LogP contribution >= 0.6 is 0 Å². The Bertz CT molecular complexity index is 405. The lowest BCUT2D eigenvalue weighted by Gasteiger charge is -2.31. The lowest BCUT2D eigenvalue weighted by molar-refractivity contribution is 0.242. The number of hydrogen-bond acceptors (Lipinski definition) is 3. The van der Waals surface area contributed by atoms with Gasteiger partial charge in [-0.3, -0.25) is 0 Å². The predicted octanol–water partition coefficient (Wildman–Crippen LogP) is 3.05. The Morgan fingerprint density at radius 1 is 1.26 bits per heavy atom. The van der Waals surface area contributed by atoms with Crippen LogP contribution in [0.3, 0.4) is 0 Å². The summed E-state index contributed by atoms with van der Waals surface area (Å²) in [5, 5.41) is 3.57. The summed E-state index contributed by atoms with van der Waals surface area (Å²) >= 11 is 0. The van der Waals surface area contributed by atoms with Crippen LogP contribution in [0.2, 0.25) is 0 Å². The highest BCUT2D eigenvalue weighted by Crippen LogP contribution is 2.31. The number of rotatable bonds is 3. The Hall–Kier alpha value is -1.22. The molecule has 1 saturated heterocycles. The van der Waals surface area contributed by atoms with E-state index in [4.69, 9.17) is 4.74 Å². The van der Waals surface area contributed by atoms with Crippen LogP contribution in [0.15, 0.2) is 24.3 Å². The minimum Gasteiger partial charge on any atom is -0.489 e. The number of nitrogens with one attached hydrogen (secondary N) is 1. The van der Waals surface area contributed by atoms with Gasteiger partial charge in [-0.15, -0.1) is 0 Å². The van der Waals surface area contributed by atoms with Gasteiger partial charge in [0.25, 0.3) is 0 Å². The van der Waals surface area contributed by atoms with Crippen molar-refractivity contribution in [3.63, 3.8) is 0 Å². The summed E-state index contributed by atoms with van der Waals surface area (Å²) in [6.45, 7) is 10.8. The van der Waals surface area contributed by atoms with Crippen molar-refractivity contribution in [3.05, 3.63) is 24.3 Å². The minimum absolute atomic E-state index is 0.209. The maximum Gasteiger partial charge on any atom is 0.142 e. The van der Waals surface area contributed by atoms with E-state index < -0.39 is 0 Å².